The van der Waals surface area contributed by atoms with Crippen LogP contribution in [0.4, 0.5) is 13.2 Å². The average molecular weight is 281 g/mol. The van der Waals surface area contributed by atoms with Crippen LogP contribution in [-0.2, 0) is 9.59 Å². The third-order valence-corrected chi connectivity index (χ3v) is 3.01. The van der Waals surface area contributed by atoms with E-state index in [0.717, 1.165) is 0 Å². The van der Waals surface area contributed by atoms with Crippen LogP contribution >= 0.6 is 0 Å². The van der Waals surface area contributed by atoms with Crippen LogP contribution in [0.2, 0.25) is 0 Å². The van der Waals surface area contributed by atoms with Crippen molar-refractivity contribution in [2.24, 2.45) is 5.92 Å². The molecular weight excluding hydrogens is 263 g/mol. The lowest BCUT2D eigenvalue weighted by Gasteiger charge is -2.21. The summed E-state index contributed by atoms with van der Waals surface area (Å²) < 4.78 is 36.7. The molecule has 0 bridgehead atoms. The Kier molecular flexibility index (Phi) is 5.16. The van der Waals surface area contributed by atoms with Gasteiger partial charge in [0.05, 0.1) is 5.92 Å². The monoisotopic (exact) mass is 281 g/mol. The molecule has 5 nitrogen and oxygen atoms in total. The van der Waals surface area contributed by atoms with Gasteiger partial charge in [-0.15, -0.1) is 0 Å². The third kappa shape index (κ3) is 4.70. The SMILES string of the molecule is CNCCN(C)C(=O)C1CC(=O)N(CC(F)(F)F)C1. The predicted octanol–water partition coefficient (Wildman–Crippen LogP) is 0.0750. The highest BCUT2D eigenvalue weighted by atomic mass is 19.4. The molecule has 0 radical (unpaired) electrons. The lowest BCUT2D eigenvalue weighted by Crippen LogP contribution is -2.39. The summed E-state index contributed by atoms with van der Waals surface area (Å²) in [5.74, 6) is -1.57. The van der Waals surface area contributed by atoms with E-state index in [1.165, 1.54) is 4.90 Å². The Balaban J connectivity index is 2.54. The maximum atomic E-state index is 12.2. The molecule has 1 aliphatic rings. The predicted molar refractivity (Wildman–Crippen MR) is 62.3 cm³/mol. The number of alkyl halides is 3. The van der Waals surface area contributed by atoms with Gasteiger partial charge < -0.3 is 15.1 Å². The minimum absolute atomic E-state index is 0.140. The zero-order valence-corrected chi connectivity index (χ0v) is 11.0. The second kappa shape index (κ2) is 6.23. The highest BCUT2D eigenvalue weighted by Crippen LogP contribution is 2.24. The number of amides is 2. The molecule has 1 unspecified atom stereocenters. The molecule has 1 saturated heterocycles. The van der Waals surface area contributed by atoms with Crippen LogP contribution < -0.4 is 5.32 Å². The minimum Gasteiger partial charge on any atom is -0.344 e. The van der Waals surface area contributed by atoms with Crippen LogP contribution in [-0.4, -0.2) is 68.1 Å². The summed E-state index contributed by atoms with van der Waals surface area (Å²) in [4.78, 5) is 25.5. The van der Waals surface area contributed by atoms with Crippen molar-refractivity contribution in [3.05, 3.63) is 0 Å². The molecule has 110 valence electrons. The topological polar surface area (TPSA) is 52.7 Å². The van der Waals surface area contributed by atoms with E-state index in [0.29, 0.717) is 18.0 Å². The van der Waals surface area contributed by atoms with E-state index in [4.69, 9.17) is 0 Å². The van der Waals surface area contributed by atoms with Gasteiger partial charge in [-0.3, -0.25) is 9.59 Å². The average Bonchev–Trinajstić information content (AvgIpc) is 2.64. The first-order chi connectivity index (χ1) is 8.74. The summed E-state index contributed by atoms with van der Waals surface area (Å²) in [5, 5.41) is 2.87. The van der Waals surface area contributed by atoms with Gasteiger partial charge in [0.1, 0.15) is 6.54 Å². The lowest BCUT2D eigenvalue weighted by atomic mass is 10.1. The van der Waals surface area contributed by atoms with Gasteiger partial charge in [-0.25, -0.2) is 0 Å². The van der Waals surface area contributed by atoms with Crippen LogP contribution in [0.3, 0.4) is 0 Å². The first-order valence-corrected chi connectivity index (χ1v) is 5.98. The minimum atomic E-state index is -4.42. The Morgan fingerprint density at radius 3 is 2.68 bits per heavy atom. The quantitative estimate of drug-likeness (QED) is 0.776. The number of hydrogen-bond donors (Lipinski definition) is 1. The van der Waals surface area contributed by atoms with Crippen molar-refractivity contribution >= 4 is 11.8 Å². The molecule has 0 aromatic carbocycles. The molecule has 0 aliphatic carbocycles. The highest BCUT2D eigenvalue weighted by Gasteiger charge is 2.41. The van der Waals surface area contributed by atoms with E-state index >= 15 is 0 Å². The number of carbonyl (C=O) groups is 2. The number of rotatable bonds is 5. The van der Waals surface area contributed by atoms with Gasteiger partial charge in [-0.2, -0.15) is 13.2 Å². The normalized spacial score (nSPS) is 19.9. The Labute approximate surface area is 109 Å². The van der Waals surface area contributed by atoms with Crippen molar-refractivity contribution in [2.45, 2.75) is 12.6 Å². The fourth-order valence-corrected chi connectivity index (χ4v) is 2.01. The smallest absolute Gasteiger partial charge is 0.344 e. The van der Waals surface area contributed by atoms with Gasteiger partial charge in [0.2, 0.25) is 11.8 Å². The van der Waals surface area contributed by atoms with Crippen LogP contribution in [0.25, 0.3) is 0 Å². The maximum Gasteiger partial charge on any atom is 0.406 e. The fraction of sp³-hybridized carbons (Fsp3) is 0.818. The lowest BCUT2D eigenvalue weighted by molar-refractivity contribution is -0.157. The molecule has 2 amide bonds. The highest BCUT2D eigenvalue weighted by molar-refractivity contribution is 5.89. The van der Waals surface area contributed by atoms with E-state index in [1.54, 1.807) is 14.1 Å². The molecule has 19 heavy (non-hydrogen) atoms. The van der Waals surface area contributed by atoms with Crippen LogP contribution in [0, 0.1) is 5.92 Å². The molecule has 0 spiro atoms. The number of likely N-dealkylation sites (tertiary alicyclic amines) is 1. The van der Waals surface area contributed by atoms with Gasteiger partial charge in [0.15, 0.2) is 0 Å². The number of nitrogens with zero attached hydrogens (tertiary/aromatic N) is 2. The van der Waals surface area contributed by atoms with Gasteiger partial charge in [0.25, 0.3) is 0 Å². The van der Waals surface area contributed by atoms with Crippen molar-refractivity contribution < 1.29 is 22.8 Å². The Hall–Kier alpha value is -1.31. The van der Waals surface area contributed by atoms with Crippen molar-refractivity contribution in [3.8, 4) is 0 Å². The van der Waals surface area contributed by atoms with Crippen LogP contribution in [0.1, 0.15) is 6.42 Å². The summed E-state index contributed by atoms with van der Waals surface area (Å²) in [7, 11) is 3.32. The summed E-state index contributed by atoms with van der Waals surface area (Å²) in [6, 6.07) is 0. The number of nitrogens with one attached hydrogen (secondary N) is 1. The van der Waals surface area contributed by atoms with Gasteiger partial charge >= 0.3 is 6.18 Å². The second-order valence-corrected chi connectivity index (χ2v) is 4.65. The summed E-state index contributed by atoms with van der Waals surface area (Å²) >= 11 is 0. The van der Waals surface area contributed by atoms with E-state index < -0.39 is 24.5 Å². The molecule has 0 saturated carbocycles. The molecule has 8 heteroatoms. The van der Waals surface area contributed by atoms with Gasteiger partial charge in [0, 0.05) is 33.1 Å². The molecule has 1 aliphatic heterocycles. The molecule has 1 fully saturated rings. The van der Waals surface area contributed by atoms with E-state index in [9.17, 15) is 22.8 Å². The summed E-state index contributed by atoms with van der Waals surface area (Å²) in [6.07, 6.45) is -4.57. The molecule has 1 rings (SSSR count). The number of likely N-dealkylation sites (N-methyl/N-ethyl adjacent to an activating group) is 2. The number of halogens is 3. The Bertz CT molecular complexity index is 347. The van der Waals surface area contributed by atoms with Crippen molar-refractivity contribution in [2.75, 3.05) is 40.3 Å². The van der Waals surface area contributed by atoms with Gasteiger partial charge in [-0.1, -0.05) is 0 Å². The summed E-state index contributed by atoms with van der Waals surface area (Å²) in [5.41, 5.74) is 0. The largest absolute Gasteiger partial charge is 0.406 e. The fourth-order valence-electron chi connectivity index (χ4n) is 2.01. The zero-order valence-electron chi connectivity index (χ0n) is 11.0. The number of carbonyl (C=O) groups excluding carboxylic acids is 2. The molecule has 0 aromatic heterocycles. The zero-order chi connectivity index (χ0) is 14.6. The Morgan fingerprint density at radius 1 is 1.53 bits per heavy atom. The third-order valence-electron chi connectivity index (χ3n) is 3.01. The first kappa shape index (κ1) is 15.7. The first-order valence-electron chi connectivity index (χ1n) is 5.98. The molecule has 1 N–H and O–H groups in total. The van der Waals surface area contributed by atoms with Crippen molar-refractivity contribution in [1.82, 2.24) is 15.1 Å². The number of hydrogen-bond acceptors (Lipinski definition) is 3. The molecule has 1 atom stereocenters. The molecular formula is C11H18F3N3O2. The molecule has 1 heterocycles. The summed E-state index contributed by atoms with van der Waals surface area (Å²) in [6.45, 7) is -0.384. The molecule has 0 aromatic rings. The van der Waals surface area contributed by atoms with Crippen molar-refractivity contribution in [1.29, 1.82) is 0 Å². The van der Waals surface area contributed by atoms with E-state index in [1.807, 2.05) is 0 Å². The Morgan fingerprint density at radius 2 is 2.16 bits per heavy atom. The van der Waals surface area contributed by atoms with E-state index in [2.05, 4.69) is 5.32 Å². The van der Waals surface area contributed by atoms with Crippen LogP contribution in [0.15, 0.2) is 0 Å². The maximum absolute atomic E-state index is 12.2. The van der Waals surface area contributed by atoms with Crippen molar-refractivity contribution in [3.63, 3.8) is 0 Å². The van der Waals surface area contributed by atoms with Gasteiger partial charge in [-0.05, 0) is 7.05 Å². The second-order valence-electron chi connectivity index (χ2n) is 4.65. The standard InChI is InChI=1S/C11H18F3N3O2/c1-15-3-4-16(2)10(19)8-5-9(18)17(6-8)7-11(12,13)14/h8,15H,3-7H2,1-2H3. The van der Waals surface area contributed by atoms with Crippen LogP contribution in [0.5, 0.6) is 0 Å². The van der Waals surface area contributed by atoms with E-state index in [-0.39, 0.29) is 18.9 Å².